The molecule has 3 heterocycles. The van der Waals surface area contributed by atoms with Gasteiger partial charge in [0.05, 0.1) is 6.54 Å². The number of hydrogen-bond donors (Lipinski definition) is 1. The smallest absolute Gasteiger partial charge is 0.395 e. The number of fused-ring (bicyclic) bond motifs is 3. The lowest BCUT2D eigenvalue weighted by Crippen LogP contribution is -2.26. The Hall–Kier alpha value is -2.84. The number of ether oxygens (including phenoxy) is 2. The molecule has 0 atom stereocenters. The molecule has 3 aromatic rings. The molecule has 0 bridgehead atoms. The van der Waals surface area contributed by atoms with Crippen molar-refractivity contribution in [2.75, 3.05) is 5.73 Å². The third-order valence-corrected chi connectivity index (χ3v) is 3.11. The minimum Gasteiger partial charge on any atom is -0.395 e. The number of nitrogen functional groups attached to an aromatic ring is 1. The van der Waals surface area contributed by atoms with Crippen molar-refractivity contribution >= 4 is 16.8 Å². The summed E-state index contributed by atoms with van der Waals surface area (Å²) < 4.78 is 42.5. The molecule has 1 aromatic carbocycles. The van der Waals surface area contributed by atoms with Gasteiger partial charge in [0.25, 0.3) is 0 Å². The average molecular weight is 294 g/mol. The van der Waals surface area contributed by atoms with Gasteiger partial charge in [-0.15, -0.1) is 8.78 Å². The Balaban J connectivity index is 1.92. The summed E-state index contributed by atoms with van der Waals surface area (Å²) in [7, 11) is 0. The quantitative estimate of drug-likeness (QED) is 0.777. The highest BCUT2D eigenvalue weighted by atomic mass is 19.3. The van der Waals surface area contributed by atoms with Gasteiger partial charge in [-0.1, -0.05) is 5.16 Å². The first-order chi connectivity index (χ1) is 10.0. The fraction of sp³-hybridized carbons (Fsp3) is 0.167. The summed E-state index contributed by atoms with van der Waals surface area (Å²) in [6, 6.07) is 3.25. The van der Waals surface area contributed by atoms with Gasteiger partial charge in [-0.3, -0.25) is 4.68 Å². The van der Waals surface area contributed by atoms with Crippen molar-refractivity contribution in [3.05, 3.63) is 30.1 Å². The van der Waals surface area contributed by atoms with Crippen LogP contribution in [0.2, 0.25) is 0 Å². The molecule has 0 radical (unpaired) electrons. The highest BCUT2D eigenvalue weighted by Gasteiger charge is 2.46. The maximum atomic E-state index is 13.4. The lowest BCUT2D eigenvalue weighted by Gasteiger charge is -2.07. The third kappa shape index (κ3) is 1.77. The number of nitrogens with two attached hydrogens (primary N) is 1. The number of aromatic nitrogens is 3. The summed E-state index contributed by atoms with van der Waals surface area (Å²) in [6.07, 6.45) is -0.477. The van der Waals surface area contributed by atoms with Crippen LogP contribution in [-0.4, -0.2) is 21.2 Å². The molecule has 1 aliphatic rings. The van der Waals surface area contributed by atoms with E-state index in [0.29, 0.717) is 5.56 Å². The molecule has 1 aliphatic heterocycles. The number of nitrogens with zero attached hydrogens (tertiary/aromatic N) is 3. The first kappa shape index (κ1) is 11.9. The fourth-order valence-electron chi connectivity index (χ4n) is 2.28. The number of alkyl halides is 2. The second-order valence-electron chi connectivity index (χ2n) is 4.51. The maximum Gasteiger partial charge on any atom is 0.586 e. The van der Waals surface area contributed by atoms with Gasteiger partial charge < -0.3 is 19.7 Å². The van der Waals surface area contributed by atoms with E-state index in [0.717, 1.165) is 0 Å². The molecule has 2 aromatic heterocycles. The molecule has 21 heavy (non-hydrogen) atoms. The normalized spacial score (nSPS) is 15.7. The van der Waals surface area contributed by atoms with E-state index in [1.54, 1.807) is 23.1 Å². The molecule has 9 heteroatoms. The standard InChI is InChI=1S/C12H8F2N4O3/c13-12(14)19-9-6(5-18-3-1-2-16-18)4-7-8(10(9)20-12)11(15)17-21-7/h1-4H,5H2,(H2,15,17). The highest BCUT2D eigenvalue weighted by molar-refractivity contribution is 5.96. The molecule has 7 nitrogen and oxygen atoms in total. The van der Waals surface area contributed by atoms with Gasteiger partial charge in [-0.25, -0.2) is 0 Å². The van der Waals surface area contributed by atoms with E-state index in [9.17, 15) is 8.78 Å². The van der Waals surface area contributed by atoms with Gasteiger partial charge >= 0.3 is 6.29 Å². The van der Waals surface area contributed by atoms with Crippen molar-refractivity contribution in [1.29, 1.82) is 0 Å². The van der Waals surface area contributed by atoms with E-state index in [2.05, 4.69) is 19.7 Å². The van der Waals surface area contributed by atoms with Crippen LogP contribution in [0.4, 0.5) is 14.6 Å². The lowest BCUT2D eigenvalue weighted by atomic mass is 10.1. The molecule has 0 amide bonds. The Labute approximate surface area is 115 Å². The minimum absolute atomic E-state index is 0.0341. The first-order valence-corrected chi connectivity index (χ1v) is 5.97. The van der Waals surface area contributed by atoms with Crippen LogP contribution in [0.25, 0.3) is 11.0 Å². The van der Waals surface area contributed by atoms with E-state index in [1.165, 1.54) is 6.07 Å². The molecule has 0 aliphatic carbocycles. The van der Waals surface area contributed by atoms with Gasteiger partial charge in [0.2, 0.25) is 0 Å². The van der Waals surface area contributed by atoms with Crippen LogP contribution in [0.15, 0.2) is 29.0 Å². The van der Waals surface area contributed by atoms with Crippen molar-refractivity contribution in [2.24, 2.45) is 0 Å². The zero-order valence-corrected chi connectivity index (χ0v) is 10.4. The first-order valence-electron chi connectivity index (χ1n) is 5.97. The summed E-state index contributed by atoms with van der Waals surface area (Å²) >= 11 is 0. The number of benzene rings is 1. The minimum atomic E-state index is -3.75. The largest absolute Gasteiger partial charge is 0.586 e. The Morgan fingerprint density at radius 1 is 1.29 bits per heavy atom. The van der Waals surface area contributed by atoms with Crippen LogP contribution in [0.1, 0.15) is 5.56 Å². The lowest BCUT2D eigenvalue weighted by molar-refractivity contribution is -0.286. The van der Waals surface area contributed by atoms with Crippen molar-refractivity contribution in [2.45, 2.75) is 12.8 Å². The van der Waals surface area contributed by atoms with Gasteiger partial charge in [-0.05, 0) is 12.1 Å². The van der Waals surface area contributed by atoms with E-state index in [1.807, 2.05) is 0 Å². The van der Waals surface area contributed by atoms with E-state index in [-0.39, 0.29) is 34.8 Å². The molecule has 0 saturated heterocycles. The Morgan fingerprint density at radius 3 is 2.86 bits per heavy atom. The van der Waals surface area contributed by atoms with Gasteiger partial charge in [0.15, 0.2) is 22.9 Å². The fourth-order valence-corrected chi connectivity index (χ4v) is 2.28. The number of hydrogen-bond acceptors (Lipinski definition) is 6. The van der Waals surface area contributed by atoms with Crippen LogP contribution < -0.4 is 15.2 Å². The molecular formula is C12H8F2N4O3. The second kappa shape index (κ2) is 3.84. The zero-order valence-electron chi connectivity index (χ0n) is 10.4. The van der Waals surface area contributed by atoms with Gasteiger partial charge in [-0.2, -0.15) is 5.10 Å². The molecule has 108 valence electrons. The van der Waals surface area contributed by atoms with E-state index >= 15 is 0 Å². The maximum absolute atomic E-state index is 13.4. The molecule has 0 spiro atoms. The second-order valence-corrected chi connectivity index (χ2v) is 4.51. The molecule has 2 N–H and O–H groups in total. The molecule has 4 rings (SSSR count). The molecular weight excluding hydrogens is 286 g/mol. The van der Waals surface area contributed by atoms with Crippen LogP contribution >= 0.6 is 0 Å². The Bertz CT molecular complexity index is 829. The van der Waals surface area contributed by atoms with E-state index < -0.39 is 6.29 Å². The van der Waals surface area contributed by atoms with Gasteiger partial charge in [0.1, 0.15) is 5.39 Å². The Morgan fingerprint density at radius 2 is 2.10 bits per heavy atom. The van der Waals surface area contributed by atoms with Crippen LogP contribution in [0.3, 0.4) is 0 Å². The number of halogens is 2. The average Bonchev–Trinajstić information content (AvgIpc) is 3.09. The molecule has 0 unspecified atom stereocenters. The summed E-state index contributed by atoms with van der Waals surface area (Å²) in [5.74, 6) is -0.288. The molecule has 0 fully saturated rings. The summed E-state index contributed by atoms with van der Waals surface area (Å²) in [4.78, 5) is 0. The predicted molar refractivity (Wildman–Crippen MR) is 66.0 cm³/mol. The summed E-state index contributed by atoms with van der Waals surface area (Å²) in [5, 5.41) is 7.75. The van der Waals surface area contributed by atoms with Gasteiger partial charge in [0, 0.05) is 18.0 Å². The van der Waals surface area contributed by atoms with E-state index in [4.69, 9.17) is 10.3 Å². The third-order valence-electron chi connectivity index (χ3n) is 3.11. The summed E-state index contributed by atoms with van der Waals surface area (Å²) in [6.45, 7) is 0.214. The van der Waals surface area contributed by atoms with Crippen molar-refractivity contribution in [1.82, 2.24) is 14.9 Å². The van der Waals surface area contributed by atoms with Crippen molar-refractivity contribution in [3.8, 4) is 11.5 Å². The van der Waals surface area contributed by atoms with Crippen molar-refractivity contribution in [3.63, 3.8) is 0 Å². The topological polar surface area (TPSA) is 88.3 Å². The zero-order chi connectivity index (χ0) is 14.6. The summed E-state index contributed by atoms with van der Waals surface area (Å²) in [5.41, 5.74) is 6.29. The van der Waals surface area contributed by atoms with Crippen molar-refractivity contribution < 1.29 is 22.8 Å². The SMILES string of the molecule is Nc1noc2cc(Cn3cccn3)c3c(c12)OC(F)(F)O3. The number of rotatable bonds is 2. The molecule has 0 saturated carbocycles. The van der Waals surface area contributed by atoms with Crippen LogP contribution in [0.5, 0.6) is 11.5 Å². The van der Waals surface area contributed by atoms with Crippen LogP contribution in [0, 0.1) is 0 Å². The highest BCUT2D eigenvalue weighted by Crippen LogP contribution is 2.49. The van der Waals surface area contributed by atoms with Crippen LogP contribution in [-0.2, 0) is 6.54 Å². The monoisotopic (exact) mass is 294 g/mol. The predicted octanol–water partition coefficient (Wildman–Crippen LogP) is 1.98. The number of anilines is 1. The Kier molecular flexibility index (Phi) is 2.18.